The minimum atomic E-state index is -3.05. The topological polar surface area (TPSA) is 203 Å². The number of carbonyl (C=O) groups excluding carboxylic acids is 5. The molecule has 0 aliphatic heterocycles. The van der Waals surface area contributed by atoms with Crippen LogP contribution in [0.5, 0.6) is 5.75 Å². The summed E-state index contributed by atoms with van der Waals surface area (Å²) in [6, 6.07) is 9.77. The number of likely N-dealkylation sites (N-methyl/N-ethyl adjacent to an activating group) is 1. The number of anilines is 3. The molecule has 0 radical (unpaired) electrons. The number of ketones is 4. The predicted octanol–water partition coefficient (Wildman–Crippen LogP) is 2.11. The number of benzene rings is 2. The molecule has 14 heteroatoms. The van der Waals surface area contributed by atoms with Crippen molar-refractivity contribution in [2.24, 2.45) is 29.4 Å². The highest BCUT2D eigenvalue weighted by Gasteiger charge is 2.72. The molecule has 258 valence electrons. The van der Waals surface area contributed by atoms with Gasteiger partial charge in [-0.1, -0.05) is 25.1 Å². The standard InChI is InChI=1S/C35H39N5O8S/c1-6-40(7-2)17-10-8-16(9-11-17)20-14-49-34(38-20)37-19-13-12-18-15(3)21-23(28(42)22(18)27(19)41)31(45)35(48)25(29(21)43)26(39(4)5)30(44)24(32(35)46)33(36)47/h8-15,21,23-26,29,41,43,48H,6-7H2,1-5H3,(H2,36,47)(H,37,38)/t15-,21+,23?,24?,25+,26-,29-,35-/m0/s1. The minimum Gasteiger partial charge on any atom is -0.505 e. The number of nitrogens with two attached hydrogens (primary N) is 1. The molecule has 0 saturated heterocycles. The van der Waals surface area contributed by atoms with Crippen molar-refractivity contribution < 1.29 is 39.3 Å². The summed E-state index contributed by atoms with van der Waals surface area (Å²) in [5, 5.41) is 40.4. The van der Waals surface area contributed by atoms with E-state index in [1.165, 1.54) is 30.3 Å². The number of fused-ring (bicyclic) bond motifs is 3. The van der Waals surface area contributed by atoms with Crippen molar-refractivity contribution in [2.45, 2.75) is 44.4 Å². The number of hydrogen-bond donors (Lipinski definition) is 5. The lowest BCUT2D eigenvalue weighted by Crippen LogP contribution is -2.77. The SMILES string of the molecule is CCN(CC)c1ccc(-c2csc(Nc3ccc4c(c3O)C(=O)C3C(=O)[C@]5(O)C(=O)C(C(N)=O)C(=O)[C@@H](N(C)C)[C@@H]5[C@@H](O)[C@@H]3[C@H]4C)n2)cc1. The van der Waals surface area contributed by atoms with Gasteiger partial charge >= 0.3 is 0 Å². The zero-order chi connectivity index (χ0) is 35.7. The first-order chi connectivity index (χ1) is 23.2. The first kappa shape index (κ1) is 34.4. The summed E-state index contributed by atoms with van der Waals surface area (Å²) in [5.74, 6) is -13.8. The largest absolute Gasteiger partial charge is 0.505 e. The lowest BCUT2D eigenvalue weighted by molar-refractivity contribution is -0.196. The molecule has 6 N–H and O–H groups in total. The van der Waals surface area contributed by atoms with Gasteiger partial charge in [-0.15, -0.1) is 11.3 Å². The maximum Gasteiger partial charge on any atom is 0.235 e. The summed E-state index contributed by atoms with van der Waals surface area (Å²) in [4.78, 5) is 75.7. The van der Waals surface area contributed by atoms with Crippen molar-refractivity contribution in [1.29, 1.82) is 0 Å². The number of aromatic hydroxyl groups is 1. The Bertz CT molecular complexity index is 1870. The number of Topliss-reactive ketones (excluding diaryl/α,β-unsaturated/α-hetero) is 4. The third-order valence-corrected chi connectivity index (χ3v) is 11.3. The molecule has 0 bridgehead atoms. The van der Waals surface area contributed by atoms with Gasteiger partial charge < -0.3 is 31.3 Å². The zero-order valence-electron chi connectivity index (χ0n) is 27.7. The number of primary amides is 1. The van der Waals surface area contributed by atoms with E-state index < -0.39 is 82.1 Å². The molecule has 1 heterocycles. The number of aliphatic hydroxyl groups excluding tert-OH is 1. The number of nitrogens with one attached hydrogen (secondary N) is 1. The molecule has 2 unspecified atom stereocenters. The monoisotopic (exact) mass is 689 g/mol. The second-order valence-electron chi connectivity index (χ2n) is 13.2. The van der Waals surface area contributed by atoms with E-state index in [-0.39, 0.29) is 11.3 Å². The molecule has 1 amide bonds. The van der Waals surface area contributed by atoms with E-state index >= 15 is 0 Å². The van der Waals surface area contributed by atoms with Crippen LogP contribution in [0.1, 0.15) is 42.6 Å². The molecule has 0 spiro atoms. The number of hydrogen-bond acceptors (Lipinski definition) is 13. The highest BCUT2D eigenvalue weighted by atomic mass is 32.1. The number of phenols is 1. The van der Waals surface area contributed by atoms with Gasteiger partial charge in [0, 0.05) is 35.6 Å². The Morgan fingerprint density at radius 2 is 1.69 bits per heavy atom. The van der Waals surface area contributed by atoms with Crippen molar-refractivity contribution in [3.8, 4) is 17.0 Å². The third kappa shape index (κ3) is 5.07. The molecule has 3 aliphatic rings. The molecule has 6 rings (SSSR count). The molecular weight excluding hydrogens is 650 g/mol. The van der Waals surface area contributed by atoms with Crippen molar-refractivity contribution in [1.82, 2.24) is 9.88 Å². The first-order valence-corrected chi connectivity index (χ1v) is 17.0. The Labute approximate surface area is 286 Å². The Balaban J connectivity index is 1.34. The minimum absolute atomic E-state index is 0.136. The fraction of sp³-hybridized carbons (Fsp3) is 0.429. The number of nitrogens with zero attached hydrogens (tertiary/aromatic N) is 3. The molecule has 2 fully saturated rings. The summed E-state index contributed by atoms with van der Waals surface area (Å²) in [5.41, 5.74) is 5.31. The van der Waals surface area contributed by atoms with Crippen LogP contribution in [-0.2, 0) is 19.2 Å². The fourth-order valence-corrected chi connectivity index (χ4v) is 8.83. The second kappa shape index (κ2) is 12.4. The van der Waals surface area contributed by atoms with E-state index in [0.29, 0.717) is 16.4 Å². The molecule has 3 aliphatic carbocycles. The van der Waals surface area contributed by atoms with E-state index in [1.807, 2.05) is 29.6 Å². The van der Waals surface area contributed by atoms with Gasteiger partial charge in [-0.05, 0) is 57.6 Å². The number of aliphatic hydroxyl groups is 2. The quantitative estimate of drug-likeness (QED) is 0.171. The van der Waals surface area contributed by atoms with E-state index in [0.717, 1.165) is 24.3 Å². The van der Waals surface area contributed by atoms with Crippen LogP contribution in [0, 0.1) is 23.7 Å². The predicted molar refractivity (Wildman–Crippen MR) is 182 cm³/mol. The van der Waals surface area contributed by atoms with Gasteiger partial charge in [-0.25, -0.2) is 4.98 Å². The average Bonchev–Trinajstić information content (AvgIpc) is 3.53. The molecular formula is C35H39N5O8S. The lowest BCUT2D eigenvalue weighted by atomic mass is 9.49. The molecule has 1 aromatic heterocycles. The Hall–Kier alpha value is -4.50. The summed E-state index contributed by atoms with van der Waals surface area (Å²) in [6.45, 7) is 7.62. The molecule has 3 aromatic rings. The Morgan fingerprint density at radius 3 is 2.29 bits per heavy atom. The Kier molecular flexibility index (Phi) is 8.72. The maximum absolute atomic E-state index is 14.2. The average molecular weight is 690 g/mol. The number of aromatic nitrogens is 1. The van der Waals surface area contributed by atoms with Crippen LogP contribution in [0.2, 0.25) is 0 Å². The molecule has 8 atom stereocenters. The van der Waals surface area contributed by atoms with Gasteiger partial charge in [0.05, 0.1) is 40.9 Å². The second-order valence-corrected chi connectivity index (χ2v) is 14.0. The van der Waals surface area contributed by atoms with E-state index in [9.17, 15) is 39.3 Å². The van der Waals surface area contributed by atoms with Gasteiger partial charge in [0.1, 0.15) is 5.75 Å². The third-order valence-electron chi connectivity index (χ3n) is 10.5. The van der Waals surface area contributed by atoms with Crippen molar-refractivity contribution in [3.63, 3.8) is 0 Å². The molecule has 2 saturated carbocycles. The van der Waals surface area contributed by atoms with Gasteiger partial charge in [-0.2, -0.15) is 0 Å². The molecule has 13 nitrogen and oxygen atoms in total. The van der Waals surface area contributed by atoms with Crippen LogP contribution in [0.15, 0.2) is 41.8 Å². The lowest BCUT2D eigenvalue weighted by Gasteiger charge is -2.56. The van der Waals surface area contributed by atoms with Crippen molar-refractivity contribution in [2.75, 3.05) is 37.4 Å². The summed E-state index contributed by atoms with van der Waals surface area (Å²) in [6.07, 6.45) is -1.69. The van der Waals surface area contributed by atoms with Crippen LogP contribution in [0.3, 0.4) is 0 Å². The van der Waals surface area contributed by atoms with Crippen LogP contribution < -0.4 is 16.0 Å². The van der Waals surface area contributed by atoms with Crippen molar-refractivity contribution in [3.05, 3.63) is 52.9 Å². The summed E-state index contributed by atoms with van der Waals surface area (Å²) >= 11 is 1.29. The number of rotatable bonds is 8. The van der Waals surface area contributed by atoms with Gasteiger partial charge in [0.2, 0.25) is 5.91 Å². The van der Waals surface area contributed by atoms with Gasteiger partial charge in [0.25, 0.3) is 0 Å². The first-order valence-electron chi connectivity index (χ1n) is 16.1. The van der Waals surface area contributed by atoms with Crippen LogP contribution >= 0.6 is 11.3 Å². The van der Waals surface area contributed by atoms with Crippen LogP contribution in [0.25, 0.3) is 11.3 Å². The fourth-order valence-electron chi connectivity index (χ4n) is 8.10. The van der Waals surface area contributed by atoms with Crippen molar-refractivity contribution >= 4 is 56.9 Å². The Morgan fingerprint density at radius 1 is 1.04 bits per heavy atom. The summed E-state index contributed by atoms with van der Waals surface area (Å²) in [7, 11) is 2.90. The van der Waals surface area contributed by atoms with E-state index in [4.69, 9.17) is 5.73 Å². The normalized spacial score (nSPS) is 29.3. The number of thiazole rings is 1. The van der Waals surface area contributed by atoms with Crippen LogP contribution in [-0.4, -0.2) is 99.2 Å². The highest BCUT2D eigenvalue weighted by Crippen LogP contribution is 2.55. The number of carbonyl (C=O) groups is 5. The van der Waals surface area contributed by atoms with Gasteiger partial charge in [0.15, 0.2) is 39.8 Å². The van der Waals surface area contributed by atoms with E-state index in [2.05, 4.69) is 29.0 Å². The van der Waals surface area contributed by atoms with Crippen LogP contribution in [0.4, 0.5) is 16.5 Å². The van der Waals surface area contributed by atoms with Gasteiger partial charge in [-0.3, -0.25) is 28.9 Å². The molecule has 2 aromatic carbocycles. The number of amides is 1. The van der Waals surface area contributed by atoms with E-state index in [1.54, 1.807) is 19.1 Å². The number of phenolic OH excluding ortho intramolecular Hbond substituents is 1. The smallest absolute Gasteiger partial charge is 0.235 e. The molecule has 49 heavy (non-hydrogen) atoms. The summed E-state index contributed by atoms with van der Waals surface area (Å²) < 4.78 is 0. The highest BCUT2D eigenvalue weighted by molar-refractivity contribution is 7.14. The zero-order valence-corrected chi connectivity index (χ0v) is 28.5. The maximum atomic E-state index is 14.2.